The number of hydrogen-bond acceptors (Lipinski definition) is 3. The minimum atomic E-state index is 0.149. The van der Waals surface area contributed by atoms with E-state index in [4.69, 9.17) is 5.73 Å². The van der Waals surface area contributed by atoms with Crippen molar-refractivity contribution in [3.8, 4) is 0 Å². The smallest absolute Gasteiger partial charge is 0.0694 e. The van der Waals surface area contributed by atoms with E-state index in [0.29, 0.717) is 6.54 Å². The molecule has 0 saturated heterocycles. The van der Waals surface area contributed by atoms with E-state index in [9.17, 15) is 0 Å². The van der Waals surface area contributed by atoms with Crippen LogP contribution in [0, 0.1) is 6.92 Å². The number of rotatable bonds is 5. The Kier molecular flexibility index (Phi) is 4.45. The van der Waals surface area contributed by atoms with E-state index < -0.39 is 0 Å². The summed E-state index contributed by atoms with van der Waals surface area (Å²) in [4.78, 5) is 2.23. The summed E-state index contributed by atoms with van der Waals surface area (Å²) in [6, 6.07) is 8.82. The third-order valence-electron chi connectivity index (χ3n) is 4.07. The average Bonchev–Trinajstić information content (AvgIpc) is 2.80. The van der Waals surface area contributed by atoms with Crippen molar-refractivity contribution in [3.63, 3.8) is 0 Å². The fraction of sp³-hybridized carbons (Fsp3) is 0.438. The van der Waals surface area contributed by atoms with Crippen LogP contribution < -0.4 is 10.6 Å². The van der Waals surface area contributed by atoms with Gasteiger partial charge >= 0.3 is 0 Å². The van der Waals surface area contributed by atoms with Crippen LogP contribution in [0.5, 0.6) is 0 Å². The highest BCUT2D eigenvalue weighted by molar-refractivity contribution is 5.49. The van der Waals surface area contributed by atoms with Crippen LogP contribution in [-0.2, 0) is 13.5 Å². The zero-order chi connectivity index (χ0) is 14.7. The van der Waals surface area contributed by atoms with Gasteiger partial charge in [0.2, 0.25) is 0 Å². The molecule has 0 aliphatic rings. The van der Waals surface area contributed by atoms with Gasteiger partial charge in [0.1, 0.15) is 0 Å². The maximum Gasteiger partial charge on any atom is 0.0694 e. The largest absolute Gasteiger partial charge is 0.366 e. The molecule has 2 aromatic rings. The van der Waals surface area contributed by atoms with Gasteiger partial charge in [0.05, 0.1) is 12.2 Å². The Bertz CT molecular complexity index is 556. The minimum Gasteiger partial charge on any atom is -0.366 e. The van der Waals surface area contributed by atoms with Crippen molar-refractivity contribution in [2.45, 2.75) is 26.3 Å². The number of hydrogen-bond donors (Lipinski definition) is 1. The number of nitrogens with two attached hydrogens (primary N) is 1. The van der Waals surface area contributed by atoms with Crippen LogP contribution >= 0.6 is 0 Å². The second-order valence-electron chi connectivity index (χ2n) is 5.19. The molecular formula is C16H24N4. The summed E-state index contributed by atoms with van der Waals surface area (Å²) in [6.07, 6.45) is 2.98. The first kappa shape index (κ1) is 14.6. The summed E-state index contributed by atoms with van der Waals surface area (Å²) in [5.74, 6) is 0. The van der Waals surface area contributed by atoms with Crippen LogP contribution in [0.2, 0.25) is 0 Å². The molecule has 1 unspecified atom stereocenters. The standard InChI is InChI=1S/C16H24N4/c1-5-13-6-8-14(9-7-13)19(3)16(10-17)15-11-18-20(4)12(15)2/h6-9,11,16H,5,10,17H2,1-4H3. The average molecular weight is 272 g/mol. The van der Waals surface area contributed by atoms with E-state index in [0.717, 1.165) is 12.1 Å². The van der Waals surface area contributed by atoms with E-state index in [1.165, 1.54) is 16.8 Å². The molecule has 0 fully saturated rings. The Morgan fingerprint density at radius 3 is 2.40 bits per heavy atom. The molecule has 2 rings (SSSR count). The molecule has 1 heterocycles. The van der Waals surface area contributed by atoms with Crippen molar-refractivity contribution in [2.75, 3.05) is 18.5 Å². The predicted molar refractivity (Wildman–Crippen MR) is 84.0 cm³/mol. The maximum absolute atomic E-state index is 6.00. The molecule has 4 nitrogen and oxygen atoms in total. The normalized spacial score (nSPS) is 12.4. The van der Waals surface area contributed by atoms with Gasteiger partial charge < -0.3 is 10.6 Å². The molecule has 0 spiro atoms. The van der Waals surface area contributed by atoms with E-state index in [1.807, 2.05) is 17.9 Å². The molecule has 4 heteroatoms. The van der Waals surface area contributed by atoms with Gasteiger partial charge in [-0.05, 0) is 31.0 Å². The van der Waals surface area contributed by atoms with Crippen molar-refractivity contribution < 1.29 is 0 Å². The highest BCUT2D eigenvalue weighted by Gasteiger charge is 2.20. The fourth-order valence-electron chi connectivity index (χ4n) is 2.48. The Morgan fingerprint density at radius 1 is 1.30 bits per heavy atom. The Hall–Kier alpha value is -1.81. The van der Waals surface area contributed by atoms with Crippen LogP contribution in [0.25, 0.3) is 0 Å². The van der Waals surface area contributed by atoms with Crippen LogP contribution in [0.4, 0.5) is 5.69 Å². The number of anilines is 1. The van der Waals surface area contributed by atoms with E-state index in [1.54, 1.807) is 0 Å². The number of likely N-dealkylation sites (N-methyl/N-ethyl adjacent to an activating group) is 1. The van der Waals surface area contributed by atoms with E-state index in [-0.39, 0.29) is 6.04 Å². The molecule has 0 aliphatic carbocycles. The van der Waals surface area contributed by atoms with Gasteiger partial charge in [-0.15, -0.1) is 0 Å². The van der Waals surface area contributed by atoms with Crippen molar-refractivity contribution in [1.29, 1.82) is 0 Å². The van der Waals surface area contributed by atoms with Gasteiger partial charge in [-0.3, -0.25) is 4.68 Å². The molecule has 0 aliphatic heterocycles. The Morgan fingerprint density at radius 2 is 1.95 bits per heavy atom. The Labute approximate surface area is 121 Å². The van der Waals surface area contributed by atoms with E-state index >= 15 is 0 Å². The number of aryl methyl sites for hydroxylation is 2. The molecule has 0 radical (unpaired) electrons. The number of benzene rings is 1. The summed E-state index contributed by atoms with van der Waals surface area (Å²) in [7, 11) is 4.05. The van der Waals surface area contributed by atoms with Crippen molar-refractivity contribution in [1.82, 2.24) is 9.78 Å². The fourth-order valence-corrected chi connectivity index (χ4v) is 2.48. The minimum absolute atomic E-state index is 0.149. The monoisotopic (exact) mass is 272 g/mol. The lowest BCUT2D eigenvalue weighted by Crippen LogP contribution is -2.30. The molecule has 1 aromatic heterocycles. The van der Waals surface area contributed by atoms with Gasteiger partial charge in [0, 0.05) is 37.6 Å². The second-order valence-corrected chi connectivity index (χ2v) is 5.19. The molecule has 2 N–H and O–H groups in total. The van der Waals surface area contributed by atoms with Gasteiger partial charge in [-0.25, -0.2) is 0 Å². The van der Waals surface area contributed by atoms with Crippen molar-refractivity contribution in [2.24, 2.45) is 12.8 Å². The zero-order valence-corrected chi connectivity index (χ0v) is 12.8. The predicted octanol–water partition coefficient (Wildman–Crippen LogP) is 2.43. The lowest BCUT2D eigenvalue weighted by molar-refractivity contribution is 0.669. The molecule has 20 heavy (non-hydrogen) atoms. The molecular weight excluding hydrogens is 248 g/mol. The highest BCUT2D eigenvalue weighted by Crippen LogP contribution is 2.27. The first-order valence-electron chi connectivity index (χ1n) is 7.08. The van der Waals surface area contributed by atoms with E-state index in [2.05, 4.69) is 55.2 Å². The molecule has 1 atom stereocenters. The second kappa shape index (κ2) is 6.09. The molecule has 0 amide bonds. The van der Waals surface area contributed by atoms with Gasteiger partial charge in [-0.1, -0.05) is 19.1 Å². The molecule has 0 bridgehead atoms. The van der Waals surface area contributed by atoms with Crippen molar-refractivity contribution in [3.05, 3.63) is 47.3 Å². The SMILES string of the molecule is CCc1ccc(N(C)C(CN)c2cnn(C)c2C)cc1. The molecule has 108 valence electrons. The first-order chi connectivity index (χ1) is 9.58. The lowest BCUT2D eigenvalue weighted by atomic mass is 10.1. The summed E-state index contributed by atoms with van der Waals surface area (Å²) in [5.41, 5.74) is 10.9. The van der Waals surface area contributed by atoms with Crippen LogP contribution in [0.3, 0.4) is 0 Å². The topological polar surface area (TPSA) is 47.1 Å². The van der Waals surface area contributed by atoms with Gasteiger partial charge in [0.15, 0.2) is 0 Å². The van der Waals surface area contributed by atoms with Crippen LogP contribution in [-0.4, -0.2) is 23.4 Å². The van der Waals surface area contributed by atoms with Crippen molar-refractivity contribution >= 4 is 5.69 Å². The summed E-state index contributed by atoms with van der Waals surface area (Å²) in [5, 5.41) is 4.32. The summed E-state index contributed by atoms with van der Waals surface area (Å²) < 4.78 is 1.89. The van der Waals surface area contributed by atoms with Gasteiger partial charge in [0.25, 0.3) is 0 Å². The third-order valence-corrected chi connectivity index (χ3v) is 4.07. The summed E-state index contributed by atoms with van der Waals surface area (Å²) >= 11 is 0. The quantitative estimate of drug-likeness (QED) is 0.909. The first-order valence-corrected chi connectivity index (χ1v) is 7.08. The van der Waals surface area contributed by atoms with Crippen LogP contribution in [0.1, 0.15) is 29.8 Å². The third kappa shape index (κ3) is 2.70. The van der Waals surface area contributed by atoms with Gasteiger partial charge in [-0.2, -0.15) is 5.10 Å². The zero-order valence-electron chi connectivity index (χ0n) is 12.8. The summed E-state index contributed by atoms with van der Waals surface area (Å²) in [6.45, 7) is 4.82. The Balaban J connectivity index is 2.28. The van der Waals surface area contributed by atoms with Crippen LogP contribution in [0.15, 0.2) is 30.5 Å². The lowest BCUT2D eigenvalue weighted by Gasteiger charge is -2.29. The molecule has 1 aromatic carbocycles. The number of aromatic nitrogens is 2. The molecule has 0 saturated carbocycles. The highest BCUT2D eigenvalue weighted by atomic mass is 15.3. The number of nitrogens with zero attached hydrogens (tertiary/aromatic N) is 3. The maximum atomic E-state index is 6.00.